The average molecular weight is 418 g/mol. The number of rotatable bonds is 5. The lowest BCUT2D eigenvalue weighted by Crippen LogP contribution is -2.49. The normalized spacial score (nSPS) is 15.0. The molecular weight excluding hydrogens is 394 g/mol. The number of piperazine rings is 1. The van der Waals surface area contributed by atoms with E-state index >= 15 is 0 Å². The molecule has 0 radical (unpaired) electrons. The highest BCUT2D eigenvalue weighted by Crippen LogP contribution is 2.25. The Morgan fingerprint density at radius 2 is 1.70 bits per heavy atom. The second kappa shape index (κ2) is 8.42. The smallest absolute Gasteiger partial charge is 0.260 e. The Labute approximate surface area is 179 Å². The Bertz CT molecular complexity index is 1140. The quantitative estimate of drug-likeness (QED) is 0.489. The summed E-state index contributed by atoms with van der Waals surface area (Å²) in [7, 11) is 0. The second-order valence-electron chi connectivity index (χ2n) is 7.50. The summed E-state index contributed by atoms with van der Waals surface area (Å²) in [5.74, 6) is 0.804. The molecule has 0 bridgehead atoms. The van der Waals surface area contributed by atoms with Crippen LogP contribution in [0.2, 0.25) is 0 Å². The van der Waals surface area contributed by atoms with Crippen LogP contribution in [0, 0.1) is 0 Å². The summed E-state index contributed by atoms with van der Waals surface area (Å²) in [4.78, 5) is 21.7. The zero-order valence-electron chi connectivity index (χ0n) is 16.7. The maximum atomic E-state index is 12.7. The first-order valence-corrected chi connectivity index (χ1v) is 11.0. The van der Waals surface area contributed by atoms with Gasteiger partial charge in [-0.25, -0.2) is 4.98 Å². The first kappa shape index (κ1) is 19.0. The van der Waals surface area contributed by atoms with Gasteiger partial charge in [0.15, 0.2) is 6.61 Å². The Morgan fingerprint density at radius 3 is 2.57 bits per heavy atom. The molecule has 1 aliphatic heterocycles. The van der Waals surface area contributed by atoms with Crippen LogP contribution in [-0.4, -0.2) is 53.5 Å². The van der Waals surface area contributed by atoms with Crippen molar-refractivity contribution < 1.29 is 9.53 Å². The summed E-state index contributed by atoms with van der Waals surface area (Å²) in [5.41, 5.74) is 1.07. The van der Waals surface area contributed by atoms with E-state index < -0.39 is 0 Å². The van der Waals surface area contributed by atoms with E-state index in [1.54, 1.807) is 11.3 Å². The van der Waals surface area contributed by atoms with E-state index in [1.165, 1.54) is 4.70 Å². The van der Waals surface area contributed by atoms with Gasteiger partial charge in [-0.15, -0.1) is 11.3 Å². The lowest BCUT2D eigenvalue weighted by atomic mass is 10.1. The van der Waals surface area contributed by atoms with Crippen LogP contribution >= 0.6 is 11.3 Å². The SMILES string of the molecule is O=C(COc1cccc2ccccc12)N1CCN(Cc2nc3ccccc3s2)CC1. The summed E-state index contributed by atoms with van der Waals surface area (Å²) in [6, 6.07) is 22.2. The predicted octanol–water partition coefficient (Wildman–Crippen LogP) is 4.17. The molecule has 152 valence electrons. The van der Waals surface area contributed by atoms with Gasteiger partial charge in [-0.05, 0) is 23.6 Å². The Balaban J connectivity index is 1.15. The van der Waals surface area contributed by atoms with Crippen molar-refractivity contribution in [3.8, 4) is 5.75 Å². The lowest BCUT2D eigenvalue weighted by Gasteiger charge is -2.34. The van der Waals surface area contributed by atoms with Crippen LogP contribution in [-0.2, 0) is 11.3 Å². The first-order valence-electron chi connectivity index (χ1n) is 10.2. The Hall–Kier alpha value is -2.96. The van der Waals surface area contributed by atoms with Gasteiger partial charge in [0.05, 0.1) is 16.8 Å². The number of amides is 1. The molecule has 4 aromatic rings. The third kappa shape index (κ3) is 4.01. The maximum absolute atomic E-state index is 12.7. The lowest BCUT2D eigenvalue weighted by molar-refractivity contribution is -0.135. The fourth-order valence-corrected chi connectivity index (χ4v) is 4.90. The van der Waals surface area contributed by atoms with Gasteiger partial charge in [-0.2, -0.15) is 0 Å². The molecule has 3 aromatic carbocycles. The van der Waals surface area contributed by atoms with Crippen molar-refractivity contribution in [3.63, 3.8) is 0 Å². The predicted molar refractivity (Wildman–Crippen MR) is 121 cm³/mol. The van der Waals surface area contributed by atoms with Gasteiger partial charge in [0.1, 0.15) is 10.8 Å². The maximum Gasteiger partial charge on any atom is 0.260 e. The van der Waals surface area contributed by atoms with Crippen molar-refractivity contribution in [2.45, 2.75) is 6.54 Å². The van der Waals surface area contributed by atoms with E-state index in [0.29, 0.717) is 0 Å². The summed E-state index contributed by atoms with van der Waals surface area (Å²) in [6.45, 7) is 4.08. The number of aromatic nitrogens is 1. The van der Waals surface area contributed by atoms with Crippen LogP contribution in [0.4, 0.5) is 0 Å². The highest BCUT2D eigenvalue weighted by atomic mass is 32.1. The van der Waals surface area contributed by atoms with Crippen LogP contribution in [0.25, 0.3) is 21.0 Å². The molecular formula is C24H23N3O2S. The second-order valence-corrected chi connectivity index (χ2v) is 8.61. The molecule has 0 N–H and O–H groups in total. The minimum atomic E-state index is 0.0440. The zero-order chi connectivity index (χ0) is 20.3. The fraction of sp³-hybridized carbons (Fsp3) is 0.250. The number of ether oxygens (including phenoxy) is 1. The average Bonchev–Trinajstić information content (AvgIpc) is 3.20. The van der Waals surface area contributed by atoms with Gasteiger partial charge in [0, 0.05) is 31.6 Å². The topological polar surface area (TPSA) is 45.7 Å². The third-order valence-corrected chi connectivity index (χ3v) is 6.54. The number of fused-ring (bicyclic) bond motifs is 2. The summed E-state index contributed by atoms with van der Waals surface area (Å²) >= 11 is 1.75. The summed E-state index contributed by atoms with van der Waals surface area (Å²) < 4.78 is 7.11. The van der Waals surface area contributed by atoms with E-state index in [4.69, 9.17) is 9.72 Å². The van der Waals surface area contributed by atoms with E-state index in [-0.39, 0.29) is 12.5 Å². The van der Waals surface area contributed by atoms with E-state index in [2.05, 4.69) is 35.2 Å². The number of carbonyl (C=O) groups is 1. The van der Waals surface area contributed by atoms with Crippen molar-refractivity contribution in [2.24, 2.45) is 0 Å². The molecule has 6 heteroatoms. The Morgan fingerprint density at radius 1 is 0.933 bits per heavy atom. The van der Waals surface area contributed by atoms with E-state index in [0.717, 1.165) is 59.8 Å². The molecule has 1 fully saturated rings. The first-order chi connectivity index (χ1) is 14.8. The minimum absolute atomic E-state index is 0.0440. The van der Waals surface area contributed by atoms with Gasteiger partial charge in [-0.1, -0.05) is 48.5 Å². The van der Waals surface area contributed by atoms with Crippen LogP contribution in [0.1, 0.15) is 5.01 Å². The van der Waals surface area contributed by atoms with E-state index in [9.17, 15) is 4.79 Å². The van der Waals surface area contributed by atoms with Gasteiger partial charge < -0.3 is 9.64 Å². The van der Waals surface area contributed by atoms with Gasteiger partial charge in [-0.3, -0.25) is 9.69 Å². The van der Waals surface area contributed by atoms with Crippen molar-refractivity contribution in [1.29, 1.82) is 0 Å². The van der Waals surface area contributed by atoms with Crippen LogP contribution < -0.4 is 4.74 Å². The number of thiazole rings is 1. The number of benzene rings is 3. The molecule has 5 rings (SSSR count). The van der Waals surface area contributed by atoms with Gasteiger partial charge in [0.2, 0.25) is 0 Å². The van der Waals surface area contributed by atoms with Crippen molar-refractivity contribution in [3.05, 3.63) is 71.7 Å². The molecule has 1 aliphatic rings. The molecule has 1 saturated heterocycles. The van der Waals surface area contributed by atoms with Crippen LogP contribution in [0.3, 0.4) is 0 Å². The molecule has 1 amide bonds. The Kier molecular flexibility index (Phi) is 5.34. The van der Waals surface area contributed by atoms with Crippen molar-refractivity contribution in [2.75, 3.05) is 32.8 Å². The molecule has 0 spiro atoms. The number of para-hydroxylation sites is 1. The molecule has 0 atom stereocenters. The fourth-order valence-electron chi connectivity index (χ4n) is 3.89. The summed E-state index contributed by atoms with van der Waals surface area (Å²) in [5, 5.41) is 3.29. The molecule has 0 saturated carbocycles. The number of nitrogens with zero attached hydrogens (tertiary/aromatic N) is 3. The molecule has 2 heterocycles. The van der Waals surface area contributed by atoms with Crippen molar-refractivity contribution >= 4 is 38.2 Å². The molecule has 30 heavy (non-hydrogen) atoms. The molecule has 1 aromatic heterocycles. The number of hydrogen-bond acceptors (Lipinski definition) is 5. The minimum Gasteiger partial charge on any atom is -0.483 e. The van der Waals surface area contributed by atoms with E-state index in [1.807, 2.05) is 41.3 Å². The van der Waals surface area contributed by atoms with Gasteiger partial charge >= 0.3 is 0 Å². The highest BCUT2D eigenvalue weighted by molar-refractivity contribution is 7.18. The molecule has 0 aliphatic carbocycles. The van der Waals surface area contributed by atoms with Gasteiger partial charge in [0.25, 0.3) is 5.91 Å². The van der Waals surface area contributed by atoms with Crippen molar-refractivity contribution in [1.82, 2.24) is 14.8 Å². The molecule has 5 nitrogen and oxygen atoms in total. The number of carbonyl (C=O) groups excluding carboxylic acids is 1. The van der Waals surface area contributed by atoms with Crippen LogP contribution in [0.15, 0.2) is 66.7 Å². The van der Waals surface area contributed by atoms with Crippen LogP contribution in [0.5, 0.6) is 5.75 Å². The summed E-state index contributed by atoms with van der Waals surface area (Å²) in [6.07, 6.45) is 0. The largest absolute Gasteiger partial charge is 0.483 e. The molecule has 0 unspecified atom stereocenters. The number of hydrogen-bond donors (Lipinski definition) is 0. The third-order valence-electron chi connectivity index (χ3n) is 5.52. The zero-order valence-corrected chi connectivity index (χ0v) is 17.5. The standard InChI is InChI=1S/C24H23N3O2S/c28-24(17-29-21-10-5-7-18-6-1-2-8-19(18)21)27-14-12-26(13-15-27)16-23-25-20-9-3-4-11-22(20)30-23/h1-11H,12-17H2. The highest BCUT2D eigenvalue weighted by Gasteiger charge is 2.22. The monoisotopic (exact) mass is 417 g/mol.